The largest absolute Gasteiger partial charge is 0.497 e. The van der Waals surface area contributed by atoms with Gasteiger partial charge in [0.15, 0.2) is 5.69 Å². The zero-order valence-electron chi connectivity index (χ0n) is 12.7. The Hall–Kier alpha value is -2.82. The van der Waals surface area contributed by atoms with Gasteiger partial charge in [-0.3, -0.25) is 4.68 Å². The van der Waals surface area contributed by atoms with E-state index in [1.165, 1.54) is 7.11 Å². The number of carbonyl (C=O) groups is 1. The summed E-state index contributed by atoms with van der Waals surface area (Å²) < 4.78 is 11.7. The van der Waals surface area contributed by atoms with E-state index in [4.69, 9.17) is 9.47 Å². The monoisotopic (exact) mass is 296 g/mol. The van der Waals surface area contributed by atoms with Crippen LogP contribution in [0.2, 0.25) is 0 Å². The second-order valence-electron chi connectivity index (χ2n) is 4.90. The van der Waals surface area contributed by atoms with Gasteiger partial charge in [0.25, 0.3) is 0 Å². The van der Waals surface area contributed by atoms with Crippen LogP contribution in [-0.4, -0.2) is 30.0 Å². The lowest BCUT2D eigenvalue weighted by atomic mass is 10.0. The summed E-state index contributed by atoms with van der Waals surface area (Å²) >= 11 is 0. The number of benzene rings is 2. The van der Waals surface area contributed by atoms with Gasteiger partial charge in [0.1, 0.15) is 11.3 Å². The first kappa shape index (κ1) is 14.1. The van der Waals surface area contributed by atoms with Crippen molar-refractivity contribution >= 4 is 16.9 Å². The second-order valence-corrected chi connectivity index (χ2v) is 4.90. The molecule has 0 saturated carbocycles. The van der Waals surface area contributed by atoms with E-state index >= 15 is 0 Å². The summed E-state index contributed by atoms with van der Waals surface area (Å²) in [6.45, 7) is 0. The molecule has 0 saturated heterocycles. The number of hydrogen-bond acceptors (Lipinski definition) is 4. The van der Waals surface area contributed by atoms with Gasteiger partial charge in [-0.25, -0.2) is 4.79 Å². The molecule has 3 aromatic rings. The van der Waals surface area contributed by atoms with E-state index in [-0.39, 0.29) is 0 Å². The van der Waals surface area contributed by atoms with E-state index in [0.717, 1.165) is 27.8 Å². The molecule has 0 atom stereocenters. The molecule has 0 aliphatic heterocycles. The lowest BCUT2D eigenvalue weighted by Gasteiger charge is -2.05. The van der Waals surface area contributed by atoms with E-state index in [1.54, 1.807) is 18.8 Å². The van der Waals surface area contributed by atoms with E-state index in [1.807, 2.05) is 42.5 Å². The van der Waals surface area contributed by atoms with E-state index in [0.29, 0.717) is 5.69 Å². The van der Waals surface area contributed by atoms with E-state index < -0.39 is 5.97 Å². The maximum absolute atomic E-state index is 12.0. The van der Waals surface area contributed by atoms with Crippen molar-refractivity contribution in [3.8, 4) is 16.9 Å². The molecule has 0 bridgehead atoms. The van der Waals surface area contributed by atoms with Crippen LogP contribution in [0.5, 0.6) is 5.75 Å². The predicted octanol–water partition coefficient (Wildman–Crippen LogP) is 3.04. The summed E-state index contributed by atoms with van der Waals surface area (Å²) in [5, 5.41) is 5.26. The van der Waals surface area contributed by atoms with Crippen molar-refractivity contribution in [1.29, 1.82) is 0 Å². The van der Waals surface area contributed by atoms with Crippen molar-refractivity contribution in [2.75, 3.05) is 14.2 Å². The molecule has 3 rings (SSSR count). The van der Waals surface area contributed by atoms with Crippen molar-refractivity contribution in [1.82, 2.24) is 9.78 Å². The van der Waals surface area contributed by atoms with Crippen LogP contribution in [0, 0.1) is 0 Å². The summed E-state index contributed by atoms with van der Waals surface area (Å²) in [4.78, 5) is 12.0. The molecule has 22 heavy (non-hydrogen) atoms. The quantitative estimate of drug-likeness (QED) is 0.697. The molecular formula is C17H16N2O3. The molecule has 1 heterocycles. The summed E-state index contributed by atoms with van der Waals surface area (Å²) in [6, 6.07) is 13.5. The SMILES string of the molecule is COC(=O)c1c2cccc(-c3cccc(OC)c3)c2nn1C. The fourth-order valence-corrected chi connectivity index (χ4v) is 2.58. The van der Waals surface area contributed by atoms with Gasteiger partial charge in [-0.1, -0.05) is 30.3 Å². The van der Waals surface area contributed by atoms with Crippen molar-refractivity contribution in [3.63, 3.8) is 0 Å². The second kappa shape index (κ2) is 5.52. The molecule has 0 aliphatic rings. The van der Waals surface area contributed by atoms with Crippen molar-refractivity contribution in [2.24, 2.45) is 7.05 Å². The molecule has 0 radical (unpaired) electrons. The zero-order valence-corrected chi connectivity index (χ0v) is 12.7. The first-order valence-corrected chi connectivity index (χ1v) is 6.84. The fraction of sp³-hybridized carbons (Fsp3) is 0.176. The van der Waals surface area contributed by atoms with Crippen LogP contribution in [-0.2, 0) is 11.8 Å². The molecule has 5 heteroatoms. The third-order valence-electron chi connectivity index (χ3n) is 3.62. The van der Waals surface area contributed by atoms with Crippen LogP contribution in [0.1, 0.15) is 10.5 Å². The van der Waals surface area contributed by atoms with Gasteiger partial charge >= 0.3 is 5.97 Å². The minimum absolute atomic E-state index is 0.396. The van der Waals surface area contributed by atoms with Crippen LogP contribution in [0.3, 0.4) is 0 Å². The zero-order chi connectivity index (χ0) is 15.7. The highest BCUT2D eigenvalue weighted by atomic mass is 16.5. The molecule has 0 amide bonds. The number of aryl methyl sites for hydroxylation is 1. The number of carbonyl (C=O) groups excluding carboxylic acids is 1. The van der Waals surface area contributed by atoms with Gasteiger partial charge in [-0.05, 0) is 17.7 Å². The van der Waals surface area contributed by atoms with Crippen LogP contribution in [0.25, 0.3) is 22.0 Å². The van der Waals surface area contributed by atoms with Gasteiger partial charge in [-0.2, -0.15) is 5.10 Å². The van der Waals surface area contributed by atoms with E-state index in [9.17, 15) is 4.79 Å². The molecule has 112 valence electrons. The normalized spacial score (nSPS) is 10.7. The number of nitrogens with zero attached hydrogens (tertiary/aromatic N) is 2. The van der Waals surface area contributed by atoms with E-state index in [2.05, 4.69) is 5.10 Å². The molecule has 0 fully saturated rings. The van der Waals surface area contributed by atoms with Crippen molar-refractivity contribution in [3.05, 3.63) is 48.2 Å². The van der Waals surface area contributed by atoms with Crippen LogP contribution >= 0.6 is 0 Å². The molecule has 0 unspecified atom stereocenters. The molecule has 0 spiro atoms. The van der Waals surface area contributed by atoms with Crippen LogP contribution < -0.4 is 4.74 Å². The molecule has 0 aliphatic carbocycles. The fourth-order valence-electron chi connectivity index (χ4n) is 2.58. The first-order chi connectivity index (χ1) is 10.7. The Bertz CT molecular complexity index is 852. The molecule has 5 nitrogen and oxygen atoms in total. The summed E-state index contributed by atoms with van der Waals surface area (Å²) in [5.41, 5.74) is 3.14. The van der Waals surface area contributed by atoms with Crippen LogP contribution in [0.4, 0.5) is 0 Å². The highest BCUT2D eigenvalue weighted by Crippen LogP contribution is 2.31. The standard InChI is InChI=1S/C17H16N2O3/c1-19-16(17(20)22-3)14-9-5-8-13(15(14)18-19)11-6-4-7-12(10-11)21-2/h4-10H,1-3H3. The van der Waals surface area contributed by atoms with Gasteiger partial charge in [0.2, 0.25) is 0 Å². The van der Waals surface area contributed by atoms with Crippen LogP contribution in [0.15, 0.2) is 42.5 Å². The topological polar surface area (TPSA) is 53.4 Å². The maximum atomic E-state index is 12.0. The molecule has 2 aromatic carbocycles. The first-order valence-electron chi connectivity index (χ1n) is 6.84. The highest BCUT2D eigenvalue weighted by molar-refractivity contribution is 6.06. The van der Waals surface area contributed by atoms with Gasteiger partial charge < -0.3 is 9.47 Å². The Kier molecular flexibility index (Phi) is 3.55. The van der Waals surface area contributed by atoms with Crippen molar-refractivity contribution in [2.45, 2.75) is 0 Å². The lowest BCUT2D eigenvalue weighted by molar-refractivity contribution is 0.0590. The third-order valence-corrected chi connectivity index (χ3v) is 3.62. The minimum Gasteiger partial charge on any atom is -0.497 e. The summed E-state index contributed by atoms with van der Waals surface area (Å²) in [5.74, 6) is 0.381. The Morgan fingerprint density at radius 2 is 1.91 bits per heavy atom. The number of rotatable bonds is 3. The Balaban J connectivity index is 2.25. The maximum Gasteiger partial charge on any atom is 0.356 e. The summed E-state index contributed by atoms with van der Waals surface area (Å²) in [6.07, 6.45) is 0. The highest BCUT2D eigenvalue weighted by Gasteiger charge is 2.19. The van der Waals surface area contributed by atoms with Crippen molar-refractivity contribution < 1.29 is 14.3 Å². The Morgan fingerprint density at radius 3 is 2.64 bits per heavy atom. The number of fused-ring (bicyclic) bond motifs is 1. The van der Waals surface area contributed by atoms with Gasteiger partial charge in [0, 0.05) is 18.0 Å². The van der Waals surface area contributed by atoms with Gasteiger partial charge in [-0.15, -0.1) is 0 Å². The molecule has 0 N–H and O–H groups in total. The minimum atomic E-state index is -0.396. The number of methoxy groups -OCH3 is 2. The smallest absolute Gasteiger partial charge is 0.356 e. The average molecular weight is 296 g/mol. The predicted molar refractivity (Wildman–Crippen MR) is 84.0 cm³/mol. The summed E-state index contributed by atoms with van der Waals surface area (Å²) in [7, 11) is 4.74. The Morgan fingerprint density at radius 1 is 1.14 bits per heavy atom. The Labute approximate surface area is 128 Å². The number of hydrogen-bond donors (Lipinski definition) is 0. The number of esters is 1. The molecule has 1 aromatic heterocycles. The number of ether oxygens (including phenoxy) is 2. The van der Waals surface area contributed by atoms with Gasteiger partial charge in [0.05, 0.1) is 14.2 Å². The molecular weight excluding hydrogens is 280 g/mol. The average Bonchev–Trinajstić information content (AvgIpc) is 2.90. The third kappa shape index (κ3) is 2.20. The lowest BCUT2D eigenvalue weighted by Crippen LogP contribution is -2.08. The number of aromatic nitrogens is 2.